The van der Waals surface area contributed by atoms with Crippen LogP contribution in [0.4, 0.5) is 4.79 Å². The lowest BCUT2D eigenvalue weighted by Gasteiger charge is -2.42. The van der Waals surface area contributed by atoms with Gasteiger partial charge < -0.3 is 14.4 Å². The first-order valence-electron chi connectivity index (χ1n) is 9.09. The number of likely N-dealkylation sites (tertiary alicyclic amines) is 1. The minimum Gasteiger partial charge on any atom is -0.444 e. The van der Waals surface area contributed by atoms with Gasteiger partial charge in [0.15, 0.2) is 0 Å². The number of hydrogen-bond acceptors (Lipinski definition) is 3. The van der Waals surface area contributed by atoms with E-state index < -0.39 is 5.60 Å². The second-order valence-corrected chi connectivity index (χ2v) is 7.94. The first-order valence-corrected chi connectivity index (χ1v) is 9.09. The molecule has 142 valence electrons. The van der Waals surface area contributed by atoms with Crippen molar-refractivity contribution in [2.24, 2.45) is 5.41 Å². The Morgan fingerprint density at radius 1 is 1.16 bits per heavy atom. The summed E-state index contributed by atoms with van der Waals surface area (Å²) in [6.45, 7) is 14.0. The van der Waals surface area contributed by atoms with Gasteiger partial charge in [-0.1, -0.05) is 35.5 Å². The standard InChI is InChI=1S/C21H35NO3/c1-8-9-17(2)10-11-18(3)21(16-24-7)12-14-22(15-13-21)19(23)25-20(4,5)6/h8-11H,12-16H2,1-7H3/b9-8-,17-10-,18-11+. The third-order valence-electron chi connectivity index (χ3n) is 4.66. The van der Waals surface area contributed by atoms with Crippen molar-refractivity contribution in [1.82, 2.24) is 4.90 Å². The molecule has 0 aromatic rings. The van der Waals surface area contributed by atoms with Crippen molar-refractivity contribution in [1.29, 1.82) is 0 Å². The average molecular weight is 350 g/mol. The van der Waals surface area contributed by atoms with Gasteiger partial charge in [-0.15, -0.1) is 0 Å². The summed E-state index contributed by atoms with van der Waals surface area (Å²) in [5.41, 5.74) is 2.06. The molecular formula is C21H35NO3. The van der Waals surface area contributed by atoms with Crippen LogP contribution in [0, 0.1) is 5.41 Å². The molecule has 1 aliphatic rings. The fraction of sp³-hybridized carbons (Fsp3) is 0.667. The summed E-state index contributed by atoms with van der Waals surface area (Å²) in [6, 6.07) is 0. The smallest absolute Gasteiger partial charge is 0.410 e. The van der Waals surface area contributed by atoms with Crippen molar-refractivity contribution >= 4 is 6.09 Å². The maximum absolute atomic E-state index is 12.3. The predicted molar refractivity (Wildman–Crippen MR) is 104 cm³/mol. The van der Waals surface area contributed by atoms with Crippen LogP contribution in [0.2, 0.25) is 0 Å². The van der Waals surface area contributed by atoms with Crippen molar-refractivity contribution in [3.8, 4) is 0 Å². The van der Waals surface area contributed by atoms with Crippen LogP contribution in [0.1, 0.15) is 54.4 Å². The normalized spacial score (nSPS) is 19.4. The molecule has 1 amide bonds. The molecule has 0 unspecified atom stereocenters. The third kappa shape index (κ3) is 6.69. The number of carbonyl (C=O) groups is 1. The Balaban J connectivity index is 2.84. The van der Waals surface area contributed by atoms with Gasteiger partial charge >= 0.3 is 6.09 Å². The molecule has 0 bridgehead atoms. The van der Waals surface area contributed by atoms with E-state index >= 15 is 0 Å². The van der Waals surface area contributed by atoms with Crippen LogP contribution in [0.3, 0.4) is 0 Å². The van der Waals surface area contributed by atoms with Crippen molar-refractivity contribution in [2.45, 2.75) is 60.0 Å². The first-order chi connectivity index (χ1) is 11.6. The van der Waals surface area contributed by atoms with Crippen molar-refractivity contribution in [3.63, 3.8) is 0 Å². The number of methoxy groups -OCH3 is 1. The predicted octanol–water partition coefficient (Wildman–Crippen LogP) is 5.12. The molecule has 0 N–H and O–H groups in total. The van der Waals surface area contributed by atoms with Gasteiger partial charge in [-0.25, -0.2) is 4.79 Å². The Bertz CT molecular complexity index is 530. The second-order valence-electron chi connectivity index (χ2n) is 7.94. The zero-order valence-electron chi connectivity index (χ0n) is 17.0. The van der Waals surface area contributed by atoms with Crippen molar-refractivity contribution in [3.05, 3.63) is 35.5 Å². The van der Waals surface area contributed by atoms with Crippen LogP contribution in [0.25, 0.3) is 0 Å². The highest BCUT2D eigenvalue weighted by atomic mass is 16.6. The van der Waals surface area contributed by atoms with Crippen LogP contribution >= 0.6 is 0 Å². The van der Waals surface area contributed by atoms with Crippen LogP contribution in [0.5, 0.6) is 0 Å². The van der Waals surface area contributed by atoms with Gasteiger partial charge in [0.2, 0.25) is 0 Å². The topological polar surface area (TPSA) is 38.8 Å². The van der Waals surface area contributed by atoms with Crippen LogP contribution in [0.15, 0.2) is 35.5 Å². The lowest BCUT2D eigenvalue weighted by molar-refractivity contribution is 0.00263. The van der Waals surface area contributed by atoms with E-state index in [2.05, 4.69) is 32.1 Å². The first kappa shape index (κ1) is 21.5. The Kier molecular flexibility index (Phi) is 7.94. The van der Waals surface area contributed by atoms with Crippen LogP contribution in [-0.2, 0) is 9.47 Å². The number of allylic oxidation sites excluding steroid dienone is 5. The number of piperidine rings is 1. The SMILES string of the molecule is C\C=C/C(C)=C\C=C(/C)C1(COC)CCN(C(=O)OC(C)(C)C)CC1. The van der Waals surface area contributed by atoms with E-state index in [1.165, 1.54) is 11.1 Å². The molecule has 4 heteroatoms. The molecule has 0 spiro atoms. The maximum atomic E-state index is 12.3. The summed E-state index contributed by atoms with van der Waals surface area (Å²) in [7, 11) is 1.75. The minimum absolute atomic E-state index is 0.0139. The fourth-order valence-electron chi connectivity index (χ4n) is 3.12. The van der Waals surface area contributed by atoms with E-state index in [0.717, 1.165) is 12.8 Å². The Labute approximate surface area is 153 Å². The Hall–Kier alpha value is -1.55. The number of nitrogens with zero attached hydrogens (tertiary/aromatic N) is 1. The number of rotatable bonds is 5. The molecule has 0 aromatic heterocycles. The van der Waals surface area contributed by atoms with Crippen LogP contribution in [-0.4, -0.2) is 43.4 Å². The van der Waals surface area contributed by atoms with Gasteiger partial charge in [0, 0.05) is 25.6 Å². The highest BCUT2D eigenvalue weighted by Gasteiger charge is 2.38. The van der Waals surface area contributed by atoms with Gasteiger partial charge in [-0.2, -0.15) is 0 Å². The molecule has 0 atom stereocenters. The summed E-state index contributed by atoms with van der Waals surface area (Å²) < 4.78 is 11.0. The zero-order chi connectivity index (χ0) is 19.1. The maximum Gasteiger partial charge on any atom is 0.410 e. The lowest BCUT2D eigenvalue weighted by Crippen LogP contribution is -2.47. The van der Waals surface area contributed by atoms with E-state index in [0.29, 0.717) is 19.7 Å². The molecule has 1 rings (SSSR count). The largest absolute Gasteiger partial charge is 0.444 e. The Morgan fingerprint density at radius 2 is 1.76 bits per heavy atom. The molecule has 25 heavy (non-hydrogen) atoms. The molecule has 4 nitrogen and oxygen atoms in total. The lowest BCUT2D eigenvalue weighted by atomic mass is 9.73. The number of carbonyl (C=O) groups excluding carboxylic acids is 1. The minimum atomic E-state index is -0.455. The van der Waals surface area contributed by atoms with Crippen LogP contribution < -0.4 is 0 Å². The summed E-state index contributed by atoms with van der Waals surface area (Å²) in [5.74, 6) is 0. The van der Waals surface area contributed by atoms with E-state index in [9.17, 15) is 4.79 Å². The summed E-state index contributed by atoms with van der Waals surface area (Å²) in [6.07, 6.45) is 10.0. The van der Waals surface area contributed by atoms with E-state index in [1.807, 2.05) is 38.7 Å². The number of amides is 1. The summed E-state index contributed by atoms with van der Waals surface area (Å²) in [5, 5.41) is 0. The molecular weight excluding hydrogens is 314 g/mol. The molecule has 1 heterocycles. The second kappa shape index (κ2) is 9.23. The van der Waals surface area contributed by atoms with Gasteiger partial charge in [0.25, 0.3) is 0 Å². The van der Waals surface area contributed by atoms with Gasteiger partial charge in [0.1, 0.15) is 5.60 Å². The molecule has 0 saturated carbocycles. The third-order valence-corrected chi connectivity index (χ3v) is 4.66. The molecule has 1 saturated heterocycles. The molecule has 0 aromatic carbocycles. The van der Waals surface area contributed by atoms with E-state index in [-0.39, 0.29) is 11.5 Å². The molecule has 1 aliphatic heterocycles. The summed E-state index contributed by atoms with van der Waals surface area (Å²) in [4.78, 5) is 14.1. The van der Waals surface area contributed by atoms with Gasteiger partial charge in [-0.3, -0.25) is 0 Å². The van der Waals surface area contributed by atoms with Gasteiger partial charge in [-0.05, 0) is 54.4 Å². The Morgan fingerprint density at radius 3 is 2.24 bits per heavy atom. The van der Waals surface area contributed by atoms with E-state index in [4.69, 9.17) is 9.47 Å². The van der Waals surface area contributed by atoms with Gasteiger partial charge in [0.05, 0.1) is 6.61 Å². The monoisotopic (exact) mass is 349 g/mol. The highest BCUT2D eigenvalue weighted by Crippen LogP contribution is 2.39. The van der Waals surface area contributed by atoms with Crippen molar-refractivity contribution < 1.29 is 14.3 Å². The fourth-order valence-corrected chi connectivity index (χ4v) is 3.12. The van der Waals surface area contributed by atoms with Crippen molar-refractivity contribution in [2.75, 3.05) is 26.8 Å². The number of hydrogen-bond donors (Lipinski definition) is 0. The summed E-state index contributed by atoms with van der Waals surface area (Å²) >= 11 is 0. The quantitative estimate of drug-likeness (QED) is 0.647. The molecule has 0 radical (unpaired) electrons. The highest BCUT2D eigenvalue weighted by molar-refractivity contribution is 5.68. The molecule has 0 aliphatic carbocycles. The van der Waals surface area contributed by atoms with E-state index in [1.54, 1.807) is 7.11 Å². The number of ether oxygens (including phenoxy) is 2. The molecule has 1 fully saturated rings. The average Bonchev–Trinajstić information content (AvgIpc) is 2.52. The zero-order valence-corrected chi connectivity index (χ0v) is 17.0.